The molecule has 0 aliphatic carbocycles. The number of aliphatic imine (C=N–C) groups is 1. The molecule has 3 heterocycles. The van der Waals surface area contributed by atoms with Gasteiger partial charge < -0.3 is 20.3 Å². The number of halogens is 1. The Morgan fingerprint density at radius 1 is 1.30 bits per heavy atom. The number of aryl methyl sites for hydroxylation is 1. The van der Waals surface area contributed by atoms with Crippen LogP contribution >= 0.6 is 24.0 Å². The van der Waals surface area contributed by atoms with Gasteiger partial charge in [0.1, 0.15) is 0 Å². The molecule has 3 rings (SSSR count). The second kappa shape index (κ2) is 11.8. The van der Waals surface area contributed by atoms with Crippen LogP contribution in [-0.4, -0.2) is 68.3 Å². The third-order valence-electron chi connectivity index (χ3n) is 5.37. The monoisotopic (exact) mass is 487 g/mol. The SMILES string of the molecule is CN=C(NCCc1ccc(C)nc1)NC1CCN(CC2CCOC2)CC1.I. The number of aromatic nitrogens is 1. The second-order valence-electron chi connectivity index (χ2n) is 7.51. The zero-order valence-electron chi connectivity index (χ0n) is 16.6. The summed E-state index contributed by atoms with van der Waals surface area (Å²) in [4.78, 5) is 11.3. The van der Waals surface area contributed by atoms with Crippen molar-refractivity contribution < 1.29 is 4.74 Å². The van der Waals surface area contributed by atoms with Gasteiger partial charge in [0.25, 0.3) is 0 Å². The third-order valence-corrected chi connectivity index (χ3v) is 5.37. The Balaban J connectivity index is 0.00000261. The molecule has 0 spiro atoms. The summed E-state index contributed by atoms with van der Waals surface area (Å²) in [5.41, 5.74) is 2.31. The molecule has 0 radical (unpaired) electrons. The normalized spacial score (nSPS) is 21.7. The summed E-state index contributed by atoms with van der Waals surface area (Å²) in [6.07, 6.45) is 6.49. The zero-order chi connectivity index (χ0) is 18.2. The van der Waals surface area contributed by atoms with Crippen LogP contribution in [-0.2, 0) is 11.2 Å². The highest BCUT2D eigenvalue weighted by molar-refractivity contribution is 14.0. The largest absolute Gasteiger partial charge is 0.381 e. The average molecular weight is 487 g/mol. The van der Waals surface area contributed by atoms with Crippen LogP contribution in [0.3, 0.4) is 0 Å². The van der Waals surface area contributed by atoms with Crippen molar-refractivity contribution in [2.75, 3.05) is 46.4 Å². The maximum Gasteiger partial charge on any atom is 0.191 e. The van der Waals surface area contributed by atoms with E-state index in [0.717, 1.165) is 43.8 Å². The Labute approximate surface area is 180 Å². The van der Waals surface area contributed by atoms with Crippen molar-refractivity contribution >= 4 is 29.9 Å². The number of rotatable bonds is 6. The van der Waals surface area contributed by atoms with Gasteiger partial charge >= 0.3 is 0 Å². The number of piperidine rings is 1. The van der Waals surface area contributed by atoms with Gasteiger partial charge in [-0.15, -0.1) is 24.0 Å². The zero-order valence-corrected chi connectivity index (χ0v) is 18.9. The predicted octanol–water partition coefficient (Wildman–Crippen LogP) is 2.22. The number of guanidine groups is 1. The number of hydrogen-bond acceptors (Lipinski definition) is 4. The molecule has 2 aliphatic heterocycles. The maximum absolute atomic E-state index is 5.50. The van der Waals surface area contributed by atoms with Crippen molar-refractivity contribution in [2.24, 2.45) is 10.9 Å². The van der Waals surface area contributed by atoms with E-state index in [0.29, 0.717) is 6.04 Å². The number of hydrogen-bond donors (Lipinski definition) is 2. The topological polar surface area (TPSA) is 61.8 Å². The molecule has 0 amide bonds. The van der Waals surface area contributed by atoms with E-state index in [1.165, 1.54) is 44.5 Å². The molecule has 7 heteroatoms. The summed E-state index contributed by atoms with van der Waals surface area (Å²) in [5, 5.41) is 7.02. The van der Waals surface area contributed by atoms with E-state index in [1.807, 2.05) is 20.2 Å². The van der Waals surface area contributed by atoms with Crippen LogP contribution in [0.15, 0.2) is 23.3 Å². The van der Waals surface area contributed by atoms with Gasteiger partial charge in [-0.05, 0) is 50.2 Å². The van der Waals surface area contributed by atoms with Gasteiger partial charge in [-0.3, -0.25) is 9.98 Å². The van der Waals surface area contributed by atoms with Gasteiger partial charge in [-0.25, -0.2) is 0 Å². The molecule has 1 atom stereocenters. The fourth-order valence-corrected chi connectivity index (χ4v) is 3.71. The van der Waals surface area contributed by atoms with E-state index >= 15 is 0 Å². The molecule has 2 fully saturated rings. The van der Waals surface area contributed by atoms with Crippen LogP contribution in [0.5, 0.6) is 0 Å². The van der Waals surface area contributed by atoms with Gasteiger partial charge in [-0.2, -0.15) is 0 Å². The summed E-state index contributed by atoms with van der Waals surface area (Å²) in [5.74, 6) is 1.65. The first-order chi connectivity index (χ1) is 12.7. The number of pyridine rings is 1. The van der Waals surface area contributed by atoms with Gasteiger partial charge in [0, 0.05) is 57.8 Å². The van der Waals surface area contributed by atoms with Crippen LogP contribution in [0.1, 0.15) is 30.5 Å². The van der Waals surface area contributed by atoms with E-state index in [9.17, 15) is 0 Å². The summed E-state index contributed by atoms with van der Waals surface area (Å²) in [6.45, 7) is 8.31. The second-order valence-corrected chi connectivity index (χ2v) is 7.51. The lowest BCUT2D eigenvalue weighted by Crippen LogP contribution is -2.49. The molecule has 0 bridgehead atoms. The maximum atomic E-state index is 5.50. The molecule has 0 saturated carbocycles. The molecule has 2 saturated heterocycles. The van der Waals surface area contributed by atoms with Crippen molar-refractivity contribution in [1.82, 2.24) is 20.5 Å². The molecule has 1 aromatic heterocycles. The van der Waals surface area contributed by atoms with Crippen LogP contribution < -0.4 is 10.6 Å². The summed E-state index contributed by atoms with van der Waals surface area (Å²) >= 11 is 0. The molecule has 6 nitrogen and oxygen atoms in total. The predicted molar refractivity (Wildman–Crippen MR) is 121 cm³/mol. The highest BCUT2D eigenvalue weighted by Crippen LogP contribution is 2.17. The Hall–Kier alpha value is -0.930. The van der Waals surface area contributed by atoms with Gasteiger partial charge in [0.2, 0.25) is 0 Å². The number of likely N-dealkylation sites (tertiary alicyclic amines) is 1. The summed E-state index contributed by atoms with van der Waals surface area (Å²) < 4.78 is 5.50. The minimum atomic E-state index is 0. The number of nitrogens with one attached hydrogen (secondary N) is 2. The lowest BCUT2D eigenvalue weighted by Gasteiger charge is -2.34. The molecule has 1 unspecified atom stereocenters. The Kier molecular flexibility index (Phi) is 9.78. The van der Waals surface area contributed by atoms with Crippen molar-refractivity contribution in [2.45, 2.75) is 38.6 Å². The standard InChI is InChI=1S/C20H33N5O.HI/c1-16-3-4-17(13-23-16)5-9-22-20(21-2)24-19-6-10-25(11-7-19)14-18-8-12-26-15-18;/h3-4,13,18-19H,5-12,14-15H2,1-2H3,(H2,21,22,24);1H. The molecule has 2 aliphatic rings. The first-order valence-electron chi connectivity index (χ1n) is 9.92. The Morgan fingerprint density at radius 2 is 2.11 bits per heavy atom. The lowest BCUT2D eigenvalue weighted by molar-refractivity contribution is 0.150. The van der Waals surface area contributed by atoms with Crippen LogP contribution in [0.25, 0.3) is 0 Å². The summed E-state index contributed by atoms with van der Waals surface area (Å²) in [6, 6.07) is 4.72. The smallest absolute Gasteiger partial charge is 0.191 e. The first kappa shape index (κ1) is 22.4. The molecule has 1 aromatic rings. The van der Waals surface area contributed by atoms with Crippen molar-refractivity contribution in [3.05, 3.63) is 29.6 Å². The fourth-order valence-electron chi connectivity index (χ4n) is 3.71. The van der Waals surface area contributed by atoms with Gasteiger partial charge in [-0.1, -0.05) is 6.07 Å². The Morgan fingerprint density at radius 3 is 2.74 bits per heavy atom. The van der Waals surface area contributed by atoms with E-state index < -0.39 is 0 Å². The van der Waals surface area contributed by atoms with E-state index in [4.69, 9.17) is 4.74 Å². The average Bonchev–Trinajstić information content (AvgIpc) is 3.17. The van der Waals surface area contributed by atoms with E-state index in [2.05, 4.69) is 37.6 Å². The highest BCUT2D eigenvalue weighted by Gasteiger charge is 2.24. The molecular formula is C20H34IN5O. The summed E-state index contributed by atoms with van der Waals surface area (Å²) in [7, 11) is 1.85. The van der Waals surface area contributed by atoms with E-state index in [1.54, 1.807) is 0 Å². The minimum Gasteiger partial charge on any atom is -0.381 e. The van der Waals surface area contributed by atoms with Crippen molar-refractivity contribution in [3.8, 4) is 0 Å². The molecule has 27 heavy (non-hydrogen) atoms. The third kappa shape index (κ3) is 7.54. The van der Waals surface area contributed by atoms with Crippen molar-refractivity contribution in [1.29, 1.82) is 0 Å². The lowest BCUT2D eigenvalue weighted by atomic mass is 10.0. The van der Waals surface area contributed by atoms with E-state index in [-0.39, 0.29) is 24.0 Å². The molecule has 0 aromatic carbocycles. The minimum absolute atomic E-state index is 0. The quantitative estimate of drug-likeness (QED) is 0.366. The van der Waals surface area contributed by atoms with Crippen LogP contribution in [0.2, 0.25) is 0 Å². The fraction of sp³-hybridized carbons (Fsp3) is 0.700. The van der Waals surface area contributed by atoms with Crippen LogP contribution in [0, 0.1) is 12.8 Å². The molecular weight excluding hydrogens is 453 g/mol. The van der Waals surface area contributed by atoms with Crippen molar-refractivity contribution in [3.63, 3.8) is 0 Å². The number of nitrogens with zero attached hydrogens (tertiary/aromatic N) is 3. The first-order valence-corrected chi connectivity index (χ1v) is 9.92. The highest BCUT2D eigenvalue weighted by atomic mass is 127. The van der Waals surface area contributed by atoms with Gasteiger partial charge in [0.15, 0.2) is 5.96 Å². The van der Waals surface area contributed by atoms with Crippen LogP contribution in [0.4, 0.5) is 0 Å². The number of ether oxygens (including phenoxy) is 1. The molecule has 152 valence electrons. The Bertz CT molecular complexity index is 566. The van der Waals surface area contributed by atoms with Gasteiger partial charge in [0.05, 0.1) is 6.61 Å². The molecule has 2 N–H and O–H groups in total.